The second-order valence-electron chi connectivity index (χ2n) is 6.51. The standard InChI is InChI=1S/C21H24O7/c1-25-20(23)21(24)19(27-14-16-10-6-3-7-11-16)18(17(12-22)28-21)26-13-15-8-4-2-5-9-15/h2-11,17-19,22,24H,12-14H2,1H3/t17-,18-,19+,21?/m1/s1. The molecule has 0 amide bonds. The average Bonchev–Trinajstić information content (AvgIpc) is 3.03. The summed E-state index contributed by atoms with van der Waals surface area (Å²) in [5, 5.41) is 20.6. The summed E-state index contributed by atoms with van der Waals surface area (Å²) < 4.78 is 21.9. The Labute approximate surface area is 163 Å². The molecule has 0 saturated carbocycles. The van der Waals surface area contributed by atoms with Crippen LogP contribution in [-0.2, 0) is 37.0 Å². The van der Waals surface area contributed by atoms with Gasteiger partial charge in [0.15, 0.2) is 6.10 Å². The lowest BCUT2D eigenvalue weighted by molar-refractivity contribution is -0.250. The molecule has 1 heterocycles. The van der Waals surface area contributed by atoms with Gasteiger partial charge in [0, 0.05) is 0 Å². The summed E-state index contributed by atoms with van der Waals surface area (Å²) in [6.45, 7) is -0.130. The second-order valence-corrected chi connectivity index (χ2v) is 6.51. The molecule has 1 aliphatic heterocycles. The predicted octanol–water partition coefficient (Wildman–Crippen LogP) is 1.41. The molecular formula is C21H24O7. The van der Waals surface area contributed by atoms with E-state index in [0.29, 0.717) is 0 Å². The first-order valence-electron chi connectivity index (χ1n) is 8.99. The molecule has 7 nitrogen and oxygen atoms in total. The fraction of sp³-hybridized carbons (Fsp3) is 0.381. The fourth-order valence-electron chi connectivity index (χ4n) is 3.16. The van der Waals surface area contributed by atoms with Gasteiger partial charge in [-0.05, 0) is 11.1 Å². The molecule has 1 saturated heterocycles. The number of methoxy groups -OCH3 is 1. The van der Waals surface area contributed by atoms with Gasteiger partial charge in [0.05, 0.1) is 26.9 Å². The number of aliphatic hydroxyl groups is 2. The summed E-state index contributed by atoms with van der Waals surface area (Å²) in [6.07, 6.45) is -3.01. The molecule has 0 aromatic heterocycles. The van der Waals surface area contributed by atoms with E-state index in [2.05, 4.69) is 0 Å². The fourth-order valence-corrected chi connectivity index (χ4v) is 3.16. The van der Waals surface area contributed by atoms with Crippen LogP contribution < -0.4 is 0 Å². The maximum Gasteiger partial charge on any atom is 0.369 e. The first-order chi connectivity index (χ1) is 13.6. The number of esters is 1. The van der Waals surface area contributed by atoms with Crippen LogP contribution in [0.5, 0.6) is 0 Å². The zero-order valence-electron chi connectivity index (χ0n) is 15.6. The molecule has 4 atom stereocenters. The molecule has 0 radical (unpaired) electrons. The lowest BCUT2D eigenvalue weighted by Crippen LogP contribution is -2.52. The quantitative estimate of drug-likeness (QED) is 0.660. The normalized spacial score (nSPS) is 26.9. The molecule has 2 aromatic carbocycles. The third-order valence-corrected chi connectivity index (χ3v) is 4.60. The maximum absolute atomic E-state index is 12.2. The third-order valence-electron chi connectivity index (χ3n) is 4.60. The number of benzene rings is 2. The first-order valence-corrected chi connectivity index (χ1v) is 8.99. The van der Waals surface area contributed by atoms with Gasteiger partial charge in [-0.1, -0.05) is 60.7 Å². The van der Waals surface area contributed by atoms with Gasteiger partial charge in [-0.3, -0.25) is 0 Å². The van der Waals surface area contributed by atoms with Crippen LogP contribution in [0.25, 0.3) is 0 Å². The van der Waals surface area contributed by atoms with Crippen molar-refractivity contribution >= 4 is 5.97 Å². The summed E-state index contributed by atoms with van der Waals surface area (Å²) in [7, 11) is 1.14. The van der Waals surface area contributed by atoms with E-state index in [1.54, 1.807) is 0 Å². The molecule has 0 bridgehead atoms. The smallest absolute Gasteiger partial charge is 0.369 e. The van der Waals surface area contributed by atoms with Gasteiger partial charge in [0.25, 0.3) is 5.79 Å². The van der Waals surface area contributed by atoms with Crippen molar-refractivity contribution in [2.75, 3.05) is 13.7 Å². The summed E-state index contributed by atoms with van der Waals surface area (Å²) >= 11 is 0. The van der Waals surface area contributed by atoms with E-state index < -0.39 is 36.7 Å². The van der Waals surface area contributed by atoms with Crippen LogP contribution in [0.4, 0.5) is 0 Å². The van der Waals surface area contributed by atoms with Crippen LogP contribution in [0.3, 0.4) is 0 Å². The van der Waals surface area contributed by atoms with Gasteiger partial charge >= 0.3 is 5.97 Å². The molecule has 0 aliphatic carbocycles. The van der Waals surface area contributed by atoms with Crippen molar-refractivity contribution in [3.63, 3.8) is 0 Å². The zero-order valence-corrected chi connectivity index (χ0v) is 15.6. The molecule has 2 N–H and O–H groups in total. The van der Waals surface area contributed by atoms with Gasteiger partial charge in [0.1, 0.15) is 12.2 Å². The van der Waals surface area contributed by atoms with Gasteiger partial charge < -0.3 is 29.2 Å². The van der Waals surface area contributed by atoms with Crippen LogP contribution in [0.15, 0.2) is 60.7 Å². The van der Waals surface area contributed by atoms with E-state index >= 15 is 0 Å². The summed E-state index contributed by atoms with van der Waals surface area (Å²) in [4.78, 5) is 12.2. The maximum atomic E-state index is 12.2. The van der Waals surface area contributed by atoms with Crippen LogP contribution >= 0.6 is 0 Å². The highest BCUT2D eigenvalue weighted by atomic mass is 16.7. The van der Waals surface area contributed by atoms with Gasteiger partial charge in [0.2, 0.25) is 0 Å². The molecular weight excluding hydrogens is 364 g/mol. The number of aliphatic hydroxyl groups excluding tert-OH is 1. The van der Waals surface area contributed by atoms with E-state index in [1.807, 2.05) is 60.7 Å². The first kappa shape index (κ1) is 20.4. The SMILES string of the molecule is COC(=O)C1(O)O[C@H](CO)[C@@H](OCc2ccccc2)[C@@H]1OCc1ccccc1. The molecule has 3 rings (SSSR count). The van der Waals surface area contributed by atoms with E-state index in [1.165, 1.54) is 0 Å². The highest BCUT2D eigenvalue weighted by Gasteiger charge is 2.61. The number of carbonyl (C=O) groups excluding carboxylic acids is 1. The van der Waals surface area contributed by atoms with Crippen molar-refractivity contribution in [3.8, 4) is 0 Å². The number of hydrogen-bond acceptors (Lipinski definition) is 7. The van der Waals surface area contributed by atoms with E-state index in [0.717, 1.165) is 18.2 Å². The lowest BCUT2D eigenvalue weighted by Gasteiger charge is -2.28. The van der Waals surface area contributed by atoms with Crippen LogP contribution in [0, 0.1) is 0 Å². The van der Waals surface area contributed by atoms with E-state index in [9.17, 15) is 15.0 Å². The summed E-state index contributed by atoms with van der Waals surface area (Å²) in [5.74, 6) is -3.38. The van der Waals surface area contributed by atoms with Crippen molar-refractivity contribution in [2.24, 2.45) is 0 Å². The minimum atomic E-state index is -2.38. The summed E-state index contributed by atoms with van der Waals surface area (Å²) in [5.41, 5.74) is 1.75. The monoisotopic (exact) mass is 388 g/mol. The van der Waals surface area contributed by atoms with Crippen molar-refractivity contribution in [2.45, 2.75) is 37.3 Å². The number of carbonyl (C=O) groups is 1. The highest BCUT2D eigenvalue weighted by Crippen LogP contribution is 2.35. The minimum Gasteiger partial charge on any atom is -0.465 e. The van der Waals surface area contributed by atoms with E-state index in [4.69, 9.17) is 18.9 Å². The number of rotatable bonds is 8. The van der Waals surface area contributed by atoms with Crippen molar-refractivity contribution in [1.82, 2.24) is 0 Å². The largest absolute Gasteiger partial charge is 0.465 e. The molecule has 150 valence electrons. The van der Waals surface area contributed by atoms with Crippen molar-refractivity contribution in [1.29, 1.82) is 0 Å². The average molecular weight is 388 g/mol. The van der Waals surface area contributed by atoms with Crippen LogP contribution in [0.2, 0.25) is 0 Å². The van der Waals surface area contributed by atoms with Crippen molar-refractivity contribution in [3.05, 3.63) is 71.8 Å². The Morgan fingerprint density at radius 1 is 1.00 bits per heavy atom. The Kier molecular flexibility index (Phi) is 6.77. The van der Waals surface area contributed by atoms with Crippen molar-refractivity contribution < 1.29 is 34.0 Å². The zero-order chi connectivity index (χ0) is 20.0. The Balaban J connectivity index is 1.80. The highest BCUT2D eigenvalue weighted by molar-refractivity contribution is 5.79. The summed E-state index contributed by atoms with van der Waals surface area (Å²) in [6, 6.07) is 18.7. The van der Waals surface area contributed by atoms with Gasteiger partial charge in [-0.2, -0.15) is 0 Å². The third kappa shape index (κ3) is 4.40. The molecule has 1 aliphatic rings. The number of hydrogen-bond donors (Lipinski definition) is 2. The predicted molar refractivity (Wildman–Crippen MR) is 99.0 cm³/mol. The minimum absolute atomic E-state index is 0.123. The van der Waals surface area contributed by atoms with Crippen LogP contribution in [-0.4, -0.2) is 54.0 Å². The van der Waals surface area contributed by atoms with Gasteiger partial charge in [-0.25, -0.2) is 4.79 Å². The molecule has 28 heavy (non-hydrogen) atoms. The Hall–Kier alpha value is -2.29. The number of ether oxygens (including phenoxy) is 4. The Morgan fingerprint density at radius 3 is 2.04 bits per heavy atom. The molecule has 0 spiro atoms. The molecule has 1 fully saturated rings. The molecule has 1 unspecified atom stereocenters. The lowest BCUT2D eigenvalue weighted by atomic mass is 10.0. The topological polar surface area (TPSA) is 94.5 Å². The molecule has 7 heteroatoms. The molecule has 2 aromatic rings. The van der Waals surface area contributed by atoms with Crippen LogP contribution in [0.1, 0.15) is 11.1 Å². The second kappa shape index (κ2) is 9.27. The van der Waals surface area contributed by atoms with E-state index in [-0.39, 0.29) is 13.2 Å². The van der Waals surface area contributed by atoms with Gasteiger partial charge in [-0.15, -0.1) is 0 Å². The Morgan fingerprint density at radius 2 is 1.54 bits per heavy atom. The Bertz CT molecular complexity index is 752.